The van der Waals surface area contributed by atoms with Crippen LogP contribution in [0.3, 0.4) is 0 Å². The Morgan fingerprint density at radius 1 is 1.04 bits per heavy atom. The van der Waals surface area contributed by atoms with Crippen LogP contribution < -0.4 is 0 Å². The van der Waals surface area contributed by atoms with Crippen LogP contribution in [0.25, 0.3) is 0 Å². The van der Waals surface area contributed by atoms with Crippen LogP contribution in [0.5, 0.6) is 0 Å². The van der Waals surface area contributed by atoms with E-state index in [0.29, 0.717) is 25.1 Å². The highest BCUT2D eigenvalue weighted by molar-refractivity contribution is 5.94. The van der Waals surface area contributed by atoms with Crippen molar-refractivity contribution in [1.82, 2.24) is 4.90 Å². The summed E-state index contributed by atoms with van der Waals surface area (Å²) < 4.78 is 0. The molecule has 0 aliphatic carbocycles. The van der Waals surface area contributed by atoms with E-state index in [0.717, 1.165) is 12.0 Å². The van der Waals surface area contributed by atoms with E-state index in [-0.39, 0.29) is 11.3 Å². The monoisotopic (exact) mass is 337 g/mol. The molecule has 0 radical (unpaired) electrons. The Morgan fingerprint density at radius 3 is 2.28 bits per heavy atom. The summed E-state index contributed by atoms with van der Waals surface area (Å²) in [6.07, 6.45) is 1.49. The van der Waals surface area contributed by atoms with Crippen LogP contribution in [0.1, 0.15) is 55.1 Å². The van der Waals surface area contributed by atoms with Gasteiger partial charge < -0.3 is 10.0 Å². The van der Waals surface area contributed by atoms with Crippen molar-refractivity contribution in [2.45, 2.75) is 44.6 Å². The maximum absolute atomic E-state index is 12.9. The summed E-state index contributed by atoms with van der Waals surface area (Å²) in [6.45, 7) is 7.52. The highest BCUT2D eigenvalue weighted by atomic mass is 16.3. The second-order valence-corrected chi connectivity index (χ2v) is 8.06. The van der Waals surface area contributed by atoms with Crippen molar-refractivity contribution < 1.29 is 9.90 Å². The first-order valence-corrected chi connectivity index (χ1v) is 8.97. The van der Waals surface area contributed by atoms with E-state index in [1.807, 2.05) is 54.6 Å². The van der Waals surface area contributed by atoms with Gasteiger partial charge in [0.1, 0.15) is 5.60 Å². The molecule has 2 aromatic rings. The summed E-state index contributed by atoms with van der Waals surface area (Å²) >= 11 is 0. The van der Waals surface area contributed by atoms with E-state index in [2.05, 4.69) is 20.8 Å². The lowest BCUT2D eigenvalue weighted by Crippen LogP contribution is -2.48. The average Bonchev–Trinajstić information content (AvgIpc) is 2.61. The summed E-state index contributed by atoms with van der Waals surface area (Å²) in [6, 6.07) is 17.5. The van der Waals surface area contributed by atoms with Crippen LogP contribution >= 0.6 is 0 Å². The van der Waals surface area contributed by atoms with Crippen LogP contribution in [-0.4, -0.2) is 29.0 Å². The number of hydrogen-bond acceptors (Lipinski definition) is 2. The number of aliphatic hydroxyl groups is 1. The minimum absolute atomic E-state index is 0.00508. The lowest BCUT2D eigenvalue weighted by molar-refractivity contribution is -0.0289. The Balaban J connectivity index is 1.78. The van der Waals surface area contributed by atoms with E-state index in [1.165, 1.54) is 5.56 Å². The van der Waals surface area contributed by atoms with Crippen LogP contribution in [0.15, 0.2) is 54.6 Å². The van der Waals surface area contributed by atoms with E-state index in [9.17, 15) is 9.90 Å². The molecule has 3 rings (SSSR count). The van der Waals surface area contributed by atoms with Gasteiger partial charge in [0.15, 0.2) is 0 Å². The van der Waals surface area contributed by atoms with Gasteiger partial charge in [-0.25, -0.2) is 0 Å². The number of carbonyl (C=O) groups excluding carboxylic acids is 1. The molecule has 3 heteroatoms. The summed E-state index contributed by atoms with van der Waals surface area (Å²) in [4.78, 5) is 14.7. The van der Waals surface area contributed by atoms with Gasteiger partial charge in [0.25, 0.3) is 5.91 Å². The minimum Gasteiger partial charge on any atom is -0.383 e. The highest BCUT2D eigenvalue weighted by Crippen LogP contribution is 2.32. The summed E-state index contributed by atoms with van der Waals surface area (Å²) in [5, 5.41) is 11.1. The van der Waals surface area contributed by atoms with Crippen molar-refractivity contribution >= 4 is 5.91 Å². The van der Waals surface area contributed by atoms with Crippen LogP contribution in [0.4, 0.5) is 0 Å². The number of carbonyl (C=O) groups is 1. The van der Waals surface area contributed by atoms with Gasteiger partial charge in [0.2, 0.25) is 0 Å². The molecule has 1 heterocycles. The molecule has 1 saturated heterocycles. The van der Waals surface area contributed by atoms with E-state index < -0.39 is 5.60 Å². The second-order valence-electron chi connectivity index (χ2n) is 8.06. The SMILES string of the molecule is CC(C)(C)c1ccc(C(=O)N2CCCC(O)(c3ccccc3)C2)cc1. The first-order chi connectivity index (χ1) is 11.8. The number of β-amino-alcohol motifs (C(OH)–C–C–N with tert-alkyl or cyclic N) is 1. The molecule has 1 fully saturated rings. The third-order valence-corrected chi connectivity index (χ3v) is 5.07. The molecule has 25 heavy (non-hydrogen) atoms. The molecular weight excluding hydrogens is 310 g/mol. The van der Waals surface area contributed by atoms with Crippen molar-refractivity contribution in [2.75, 3.05) is 13.1 Å². The molecule has 1 aliphatic heterocycles. The Labute approximate surface area is 150 Å². The fourth-order valence-corrected chi connectivity index (χ4v) is 3.49. The molecule has 0 saturated carbocycles. The number of piperidine rings is 1. The predicted molar refractivity (Wildman–Crippen MR) is 101 cm³/mol. The normalized spacial score (nSPS) is 21.2. The van der Waals surface area contributed by atoms with Crippen molar-refractivity contribution in [1.29, 1.82) is 0 Å². The van der Waals surface area contributed by atoms with Crippen molar-refractivity contribution in [3.05, 3.63) is 71.3 Å². The molecule has 1 N–H and O–H groups in total. The molecule has 1 unspecified atom stereocenters. The topological polar surface area (TPSA) is 40.5 Å². The van der Waals surface area contributed by atoms with Crippen molar-refractivity contribution in [2.24, 2.45) is 0 Å². The molecular formula is C22H27NO2. The number of amides is 1. The lowest BCUT2D eigenvalue weighted by Gasteiger charge is -2.39. The Morgan fingerprint density at radius 2 is 1.68 bits per heavy atom. The van der Waals surface area contributed by atoms with E-state index >= 15 is 0 Å². The molecule has 132 valence electrons. The fraction of sp³-hybridized carbons (Fsp3) is 0.409. The number of nitrogens with zero attached hydrogens (tertiary/aromatic N) is 1. The number of rotatable bonds is 2. The lowest BCUT2D eigenvalue weighted by atomic mass is 9.85. The molecule has 1 amide bonds. The Hall–Kier alpha value is -2.13. The third kappa shape index (κ3) is 3.77. The van der Waals surface area contributed by atoms with Gasteiger partial charge in [-0.2, -0.15) is 0 Å². The summed E-state index contributed by atoms with van der Waals surface area (Å²) in [7, 11) is 0. The second kappa shape index (κ2) is 6.64. The Bertz CT molecular complexity index is 731. The zero-order valence-corrected chi connectivity index (χ0v) is 15.3. The predicted octanol–water partition coefficient (Wildman–Crippen LogP) is 4.11. The smallest absolute Gasteiger partial charge is 0.253 e. The number of hydrogen-bond donors (Lipinski definition) is 1. The molecule has 1 aliphatic rings. The maximum Gasteiger partial charge on any atom is 0.253 e. The molecule has 0 bridgehead atoms. The molecule has 0 spiro atoms. The van der Waals surface area contributed by atoms with E-state index in [4.69, 9.17) is 0 Å². The molecule has 3 nitrogen and oxygen atoms in total. The zero-order valence-electron chi connectivity index (χ0n) is 15.3. The quantitative estimate of drug-likeness (QED) is 0.896. The van der Waals surface area contributed by atoms with Gasteiger partial charge in [0, 0.05) is 12.1 Å². The van der Waals surface area contributed by atoms with Gasteiger partial charge in [-0.15, -0.1) is 0 Å². The maximum atomic E-state index is 12.9. The van der Waals surface area contributed by atoms with Gasteiger partial charge in [-0.1, -0.05) is 63.2 Å². The zero-order chi connectivity index (χ0) is 18.1. The van der Waals surface area contributed by atoms with Crippen LogP contribution in [0.2, 0.25) is 0 Å². The third-order valence-electron chi connectivity index (χ3n) is 5.07. The number of benzene rings is 2. The fourth-order valence-electron chi connectivity index (χ4n) is 3.49. The molecule has 0 aromatic heterocycles. The summed E-state index contributed by atoms with van der Waals surface area (Å²) in [5.41, 5.74) is 1.89. The van der Waals surface area contributed by atoms with Gasteiger partial charge in [-0.05, 0) is 41.5 Å². The minimum atomic E-state index is -0.958. The molecule has 1 atom stereocenters. The van der Waals surface area contributed by atoms with Gasteiger partial charge in [0.05, 0.1) is 6.54 Å². The molecule has 2 aromatic carbocycles. The van der Waals surface area contributed by atoms with Crippen LogP contribution in [0, 0.1) is 0 Å². The van der Waals surface area contributed by atoms with Crippen LogP contribution in [-0.2, 0) is 11.0 Å². The summed E-state index contributed by atoms with van der Waals surface area (Å²) in [5.74, 6) is -0.00508. The Kier molecular flexibility index (Phi) is 4.70. The first kappa shape index (κ1) is 17.7. The standard InChI is InChI=1S/C22H27NO2/c1-21(2,3)18-12-10-17(11-13-18)20(24)23-15-7-14-22(25,16-23)19-8-5-4-6-9-19/h4-6,8-13,25H,7,14-16H2,1-3H3. The van der Waals surface area contributed by atoms with Gasteiger partial charge >= 0.3 is 0 Å². The number of likely N-dealkylation sites (tertiary alicyclic amines) is 1. The van der Waals surface area contributed by atoms with Crippen molar-refractivity contribution in [3.8, 4) is 0 Å². The highest BCUT2D eigenvalue weighted by Gasteiger charge is 2.36. The van der Waals surface area contributed by atoms with Gasteiger partial charge in [-0.3, -0.25) is 4.79 Å². The largest absolute Gasteiger partial charge is 0.383 e. The average molecular weight is 337 g/mol. The first-order valence-electron chi connectivity index (χ1n) is 8.97. The van der Waals surface area contributed by atoms with Crippen molar-refractivity contribution in [3.63, 3.8) is 0 Å². The van der Waals surface area contributed by atoms with E-state index in [1.54, 1.807) is 4.90 Å².